The number of aromatic nitrogens is 2. The molecule has 2 fully saturated rings. The van der Waals surface area contributed by atoms with Crippen LogP contribution in [0.3, 0.4) is 0 Å². The Kier molecular flexibility index (Phi) is 4.41. The van der Waals surface area contributed by atoms with E-state index in [0.717, 1.165) is 51.3 Å². The average Bonchev–Trinajstić information content (AvgIpc) is 3.35. The Morgan fingerprint density at radius 1 is 1.38 bits per heavy atom. The number of ether oxygens (including phenoxy) is 1. The second kappa shape index (κ2) is 6.69. The summed E-state index contributed by atoms with van der Waals surface area (Å²) < 4.78 is 7.59. The first-order valence-electron chi connectivity index (χ1n) is 9.01. The molecule has 6 nitrogen and oxygen atoms in total. The molecule has 3 aliphatic rings. The van der Waals surface area contributed by atoms with Crippen molar-refractivity contribution in [2.24, 2.45) is 7.05 Å². The second-order valence-corrected chi connectivity index (χ2v) is 7.10. The Hall–Kier alpha value is -1.66. The minimum absolute atomic E-state index is 0.0314. The third-order valence-electron chi connectivity index (χ3n) is 5.28. The van der Waals surface area contributed by atoms with Crippen molar-refractivity contribution in [2.45, 2.75) is 50.2 Å². The average molecular weight is 330 g/mol. The summed E-state index contributed by atoms with van der Waals surface area (Å²) in [5, 5.41) is 3.69. The summed E-state index contributed by atoms with van der Waals surface area (Å²) in [6.45, 7) is 2.38. The summed E-state index contributed by atoms with van der Waals surface area (Å²) in [7, 11) is 2.01. The number of imidazole rings is 1. The smallest absolute Gasteiger partial charge is 0.223 e. The van der Waals surface area contributed by atoms with Crippen LogP contribution in [0.1, 0.15) is 44.0 Å². The highest BCUT2D eigenvalue weighted by atomic mass is 16.5. The molecule has 2 atom stereocenters. The molecule has 1 aliphatic carbocycles. The zero-order valence-corrected chi connectivity index (χ0v) is 14.3. The molecular formula is C18H26N4O2. The van der Waals surface area contributed by atoms with Gasteiger partial charge in [-0.05, 0) is 31.3 Å². The fraction of sp³-hybridized carbons (Fsp3) is 0.667. The van der Waals surface area contributed by atoms with Crippen LogP contribution in [0.15, 0.2) is 24.0 Å². The standard InChI is InChI=1S/C18H26N4O2/c1-21-9-8-19-18(21)17-15(20-11-13-3-2-10-24-12-13)6-7-16(23)22(17)14-4-5-14/h3,8-9,14-15,17,20H,2,4-7,10-12H2,1H3/t15-,17-/m1/s1. The summed E-state index contributed by atoms with van der Waals surface area (Å²) in [5.74, 6) is 1.27. The lowest BCUT2D eigenvalue weighted by Gasteiger charge is -2.41. The lowest BCUT2D eigenvalue weighted by Crippen LogP contribution is -2.52. The predicted molar refractivity (Wildman–Crippen MR) is 90.4 cm³/mol. The fourth-order valence-electron chi connectivity index (χ4n) is 3.87. The van der Waals surface area contributed by atoms with Gasteiger partial charge < -0.3 is 19.5 Å². The van der Waals surface area contributed by atoms with Crippen molar-refractivity contribution in [1.29, 1.82) is 0 Å². The summed E-state index contributed by atoms with van der Waals surface area (Å²) in [4.78, 5) is 19.2. The molecule has 1 N–H and O–H groups in total. The molecule has 3 heterocycles. The van der Waals surface area contributed by atoms with Gasteiger partial charge in [0.2, 0.25) is 5.91 Å². The van der Waals surface area contributed by atoms with E-state index >= 15 is 0 Å². The van der Waals surface area contributed by atoms with Gasteiger partial charge in [0.25, 0.3) is 0 Å². The van der Waals surface area contributed by atoms with Crippen molar-refractivity contribution in [3.8, 4) is 0 Å². The van der Waals surface area contributed by atoms with Crippen LogP contribution in [0.25, 0.3) is 0 Å². The minimum Gasteiger partial charge on any atom is -0.377 e. The fourth-order valence-corrected chi connectivity index (χ4v) is 3.87. The molecule has 1 amide bonds. The Balaban J connectivity index is 1.55. The van der Waals surface area contributed by atoms with Crippen LogP contribution in [0.5, 0.6) is 0 Å². The summed E-state index contributed by atoms with van der Waals surface area (Å²) >= 11 is 0. The molecule has 130 valence electrons. The van der Waals surface area contributed by atoms with Gasteiger partial charge in [-0.2, -0.15) is 0 Å². The quantitative estimate of drug-likeness (QED) is 0.832. The molecule has 6 heteroatoms. The summed E-state index contributed by atoms with van der Waals surface area (Å²) in [5.41, 5.74) is 1.31. The molecule has 1 saturated heterocycles. The van der Waals surface area contributed by atoms with Crippen LogP contribution < -0.4 is 5.32 Å². The molecule has 0 spiro atoms. The SMILES string of the molecule is Cn1ccnc1[C@H]1[C@H](NCC2=CCCOC2)CCC(=O)N1C1CC1. The number of hydrogen-bond donors (Lipinski definition) is 1. The van der Waals surface area contributed by atoms with Gasteiger partial charge >= 0.3 is 0 Å². The van der Waals surface area contributed by atoms with Gasteiger partial charge in [0.05, 0.1) is 13.2 Å². The molecule has 2 aliphatic heterocycles. The Morgan fingerprint density at radius 3 is 2.92 bits per heavy atom. The normalized spacial score (nSPS) is 28.1. The minimum atomic E-state index is 0.0314. The zero-order chi connectivity index (χ0) is 16.5. The number of likely N-dealkylation sites (tertiary alicyclic amines) is 1. The third kappa shape index (κ3) is 3.13. The van der Waals surface area contributed by atoms with Crippen molar-refractivity contribution in [2.75, 3.05) is 19.8 Å². The molecule has 0 bridgehead atoms. The molecule has 24 heavy (non-hydrogen) atoms. The number of nitrogens with one attached hydrogen (secondary N) is 1. The van der Waals surface area contributed by atoms with Gasteiger partial charge in [0.15, 0.2) is 0 Å². The van der Waals surface area contributed by atoms with Crippen LogP contribution in [0, 0.1) is 0 Å². The van der Waals surface area contributed by atoms with E-state index in [1.165, 1.54) is 5.57 Å². The van der Waals surface area contributed by atoms with Crippen molar-refractivity contribution in [3.05, 3.63) is 29.9 Å². The first-order valence-corrected chi connectivity index (χ1v) is 9.01. The molecule has 0 unspecified atom stereocenters. The van der Waals surface area contributed by atoms with Gasteiger partial charge in [-0.3, -0.25) is 4.79 Å². The van der Waals surface area contributed by atoms with Gasteiger partial charge in [-0.1, -0.05) is 6.08 Å². The highest BCUT2D eigenvalue weighted by Crippen LogP contribution is 2.40. The first kappa shape index (κ1) is 15.8. The number of aryl methyl sites for hydroxylation is 1. The predicted octanol–water partition coefficient (Wildman–Crippen LogP) is 1.55. The van der Waals surface area contributed by atoms with Crippen LogP contribution in [0.2, 0.25) is 0 Å². The van der Waals surface area contributed by atoms with Crippen molar-refractivity contribution in [3.63, 3.8) is 0 Å². The number of rotatable bonds is 5. The maximum Gasteiger partial charge on any atom is 0.223 e. The number of hydrogen-bond acceptors (Lipinski definition) is 4. The molecule has 1 aromatic heterocycles. The number of nitrogens with zero attached hydrogens (tertiary/aromatic N) is 3. The van der Waals surface area contributed by atoms with Gasteiger partial charge in [-0.25, -0.2) is 4.98 Å². The van der Waals surface area contributed by atoms with Gasteiger partial charge in [0.1, 0.15) is 11.9 Å². The van der Waals surface area contributed by atoms with Crippen LogP contribution >= 0.6 is 0 Å². The number of piperidine rings is 1. The van der Waals surface area contributed by atoms with E-state index in [1.54, 1.807) is 0 Å². The van der Waals surface area contributed by atoms with E-state index in [1.807, 2.05) is 19.4 Å². The van der Waals surface area contributed by atoms with E-state index in [2.05, 4.69) is 25.8 Å². The first-order chi connectivity index (χ1) is 11.7. The third-order valence-corrected chi connectivity index (χ3v) is 5.28. The molecule has 1 aromatic rings. The topological polar surface area (TPSA) is 59.4 Å². The van der Waals surface area contributed by atoms with Crippen molar-refractivity contribution >= 4 is 5.91 Å². The van der Waals surface area contributed by atoms with Crippen LogP contribution in [-0.4, -0.2) is 52.2 Å². The van der Waals surface area contributed by atoms with Crippen LogP contribution in [0.4, 0.5) is 0 Å². The van der Waals surface area contributed by atoms with Crippen molar-refractivity contribution in [1.82, 2.24) is 19.8 Å². The van der Waals surface area contributed by atoms with E-state index in [-0.39, 0.29) is 18.0 Å². The van der Waals surface area contributed by atoms with E-state index < -0.39 is 0 Å². The molecule has 1 saturated carbocycles. The lowest BCUT2D eigenvalue weighted by molar-refractivity contribution is -0.139. The Bertz CT molecular complexity index is 635. The molecular weight excluding hydrogens is 304 g/mol. The Morgan fingerprint density at radius 2 is 2.25 bits per heavy atom. The van der Waals surface area contributed by atoms with Gasteiger partial charge in [0, 0.05) is 44.5 Å². The van der Waals surface area contributed by atoms with E-state index in [4.69, 9.17) is 4.74 Å². The zero-order valence-electron chi connectivity index (χ0n) is 14.3. The molecule has 0 radical (unpaired) electrons. The van der Waals surface area contributed by atoms with Crippen molar-refractivity contribution < 1.29 is 9.53 Å². The largest absolute Gasteiger partial charge is 0.377 e. The summed E-state index contributed by atoms with van der Waals surface area (Å²) in [6, 6.07) is 0.678. The van der Waals surface area contributed by atoms with Gasteiger partial charge in [-0.15, -0.1) is 0 Å². The van der Waals surface area contributed by atoms with Crippen LogP contribution in [-0.2, 0) is 16.6 Å². The second-order valence-electron chi connectivity index (χ2n) is 7.10. The highest BCUT2D eigenvalue weighted by molar-refractivity contribution is 5.78. The lowest BCUT2D eigenvalue weighted by atomic mass is 9.94. The Labute approximate surface area is 142 Å². The maximum absolute atomic E-state index is 12.6. The van der Waals surface area contributed by atoms with E-state index in [0.29, 0.717) is 12.5 Å². The monoisotopic (exact) mass is 330 g/mol. The highest BCUT2D eigenvalue weighted by Gasteiger charge is 2.45. The maximum atomic E-state index is 12.6. The number of amides is 1. The number of carbonyl (C=O) groups is 1. The van der Waals surface area contributed by atoms with E-state index in [9.17, 15) is 4.79 Å². The number of carbonyl (C=O) groups excluding carboxylic acids is 1. The summed E-state index contributed by atoms with van der Waals surface area (Å²) in [6.07, 6.45) is 10.8. The molecule has 0 aromatic carbocycles. The molecule has 4 rings (SSSR count).